The highest BCUT2D eigenvalue weighted by Gasteiger charge is 2.27. The molecule has 2 aromatic carbocycles. The highest BCUT2D eigenvalue weighted by molar-refractivity contribution is 5.92. The Morgan fingerprint density at radius 2 is 1.39 bits per heavy atom. The van der Waals surface area contributed by atoms with Gasteiger partial charge in [0.1, 0.15) is 0 Å². The van der Waals surface area contributed by atoms with E-state index in [-0.39, 0.29) is 5.54 Å². The molecule has 0 fully saturated rings. The molecule has 1 aliphatic heterocycles. The van der Waals surface area contributed by atoms with Crippen LogP contribution in [0.15, 0.2) is 72.9 Å². The van der Waals surface area contributed by atoms with Crippen LogP contribution in [0.2, 0.25) is 0 Å². The molecule has 1 aliphatic rings. The Hall–Kier alpha value is -2.35. The summed E-state index contributed by atoms with van der Waals surface area (Å²) < 4.78 is 2.49. The lowest BCUT2D eigenvalue weighted by Gasteiger charge is -2.28. The molecule has 2 heteroatoms. The van der Waals surface area contributed by atoms with Crippen molar-refractivity contribution in [2.45, 2.75) is 38.9 Å². The van der Waals surface area contributed by atoms with E-state index in [1.165, 1.54) is 16.8 Å². The van der Waals surface area contributed by atoms with Crippen LogP contribution in [0.4, 0.5) is 0 Å². The molecule has 3 rings (SSSR count). The summed E-state index contributed by atoms with van der Waals surface area (Å²) >= 11 is 0. The van der Waals surface area contributed by atoms with Crippen molar-refractivity contribution in [2.75, 3.05) is 0 Å². The molecule has 0 aromatic heterocycles. The molecule has 0 saturated heterocycles. The first-order valence-corrected chi connectivity index (χ1v) is 8.25. The number of nitrogens with one attached hydrogen (secondary N) is 1. The van der Waals surface area contributed by atoms with Crippen molar-refractivity contribution in [2.24, 2.45) is 0 Å². The van der Waals surface area contributed by atoms with Gasteiger partial charge in [0.05, 0.1) is 6.42 Å². The summed E-state index contributed by atoms with van der Waals surface area (Å²) in [5, 5.41) is 3.44. The second-order valence-corrected chi connectivity index (χ2v) is 6.86. The fraction of sp³-hybridized carbons (Fsp3) is 0.286. The fourth-order valence-corrected chi connectivity index (χ4v) is 3.01. The second-order valence-electron chi connectivity index (χ2n) is 6.86. The van der Waals surface area contributed by atoms with Gasteiger partial charge < -0.3 is 5.32 Å². The van der Waals surface area contributed by atoms with E-state index in [1.807, 2.05) is 0 Å². The van der Waals surface area contributed by atoms with E-state index >= 15 is 0 Å². The van der Waals surface area contributed by atoms with Crippen LogP contribution in [0.3, 0.4) is 0 Å². The summed E-state index contributed by atoms with van der Waals surface area (Å²) in [5.41, 5.74) is 4.19. The minimum absolute atomic E-state index is 0.107. The smallest absolute Gasteiger partial charge is 0.180 e. The van der Waals surface area contributed by atoms with Gasteiger partial charge in [-0.05, 0) is 13.8 Å². The largest absolute Gasteiger partial charge is 0.385 e. The van der Waals surface area contributed by atoms with Crippen LogP contribution < -0.4 is 5.32 Å². The molecule has 2 aromatic rings. The van der Waals surface area contributed by atoms with E-state index in [1.54, 1.807) is 0 Å². The van der Waals surface area contributed by atoms with E-state index in [2.05, 4.69) is 96.7 Å². The second kappa shape index (κ2) is 6.82. The van der Waals surface area contributed by atoms with Crippen molar-refractivity contribution in [3.8, 4) is 0 Å². The van der Waals surface area contributed by atoms with Gasteiger partial charge in [0.25, 0.3) is 0 Å². The summed E-state index contributed by atoms with van der Waals surface area (Å²) in [6.07, 6.45) is 5.34. The van der Waals surface area contributed by atoms with Crippen LogP contribution in [0.25, 0.3) is 0 Å². The number of allylic oxidation sites excluding steroid dienone is 1. The monoisotopic (exact) mass is 305 g/mol. The summed E-state index contributed by atoms with van der Waals surface area (Å²) in [6.45, 7) is 6.37. The highest BCUT2D eigenvalue weighted by Crippen LogP contribution is 2.16. The Morgan fingerprint density at radius 1 is 0.870 bits per heavy atom. The number of hydrogen-bond acceptors (Lipinski definition) is 1. The van der Waals surface area contributed by atoms with E-state index in [9.17, 15) is 0 Å². The Kier molecular flexibility index (Phi) is 4.61. The maximum Gasteiger partial charge on any atom is 0.180 e. The van der Waals surface area contributed by atoms with Crippen molar-refractivity contribution in [1.82, 2.24) is 5.32 Å². The summed E-state index contributed by atoms with van der Waals surface area (Å²) in [7, 11) is 0. The van der Waals surface area contributed by atoms with E-state index in [0.29, 0.717) is 0 Å². The quantitative estimate of drug-likeness (QED) is 0.840. The molecule has 0 amide bonds. The topological polar surface area (TPSA) is 15.0 Å². The van der Waals surface area contributed by atoms with E-state index < -0.39 is 0 Å². The Balaban J connectivity index is 1.93. The predicted molar refractivity (Wildman–Crippen MR) is 96.5 cm³/mol. The SMILES string of the molecule is CC1(C)CC(=[N+](Cc2ccccc2)Cc2ccccc2)C=CN1. The minimum Gasteiger partial charge on any atom is -0.385 e. The third-order valence-electron chi connectivity index (χ3n) is 4.21. The van der Waals surface area contributed by atoms with Gasteiger partial charge in [-0.1, -0.05) is 60.7 Å². The van der Waals surface area contributed by atoms with Crippen molar-refractivity contribution < 1.29 is 4.58 Å². The third kappa shape index (κ3) is 4.32. The zero-order valence-electron chi connectivity index (χ0n) is 14.0. The molecule has 1 heterocycles. The normalized spacial score (nSPS) is 16.0. The molecule has 0 spiro atoms. The zero-order valence-corrected chi connectivity index (χ0v) is 14.0. The van der Waals surface area contributed by atoms with Crippen LogP contribution in [-0.4, -0.2) is 15.8 Å². The summed E-state index contributed by atoms with van der Waals surface area (Å²) in [4.78, 5) is 0. The van der Waals surface area contributed by atoms with Crippen molar-refractivity contribution >= 4 is 5.71 Å². The van der Waals surface area contributed by atoms with E-state index in [0.717, 1.165) is 19.5 Å². The summed E-state index contributed by atoms with van der Waals surface area (Å²) in [5.74, 6) is 0. The van der Waals surface area contributed by atoms with Crippen LogP contribution in [-0.2, 0) is 13.1 Å². The van der Waals surface area contributed by atoms with Crippen LogP contribution in [0.5, 0.6) is 0 Å². The fourth-order valence-electron chi connectivity index (χ4n) is 3.01. The van der Waals surface area contributed by atoms with Crippen LogP contribution in [0, 0.1) is 0 Å². The first kappa shape index (κ1) is 15.5. The highest BCUT2D eigenvalue weighted by atomic mass is 15.0. The lowest BCUT2D eigenvalue weighted by Crippen LogP contribution is -2.42. The number of rotatable bonds is 4. The van der Waals surface area contributed by atoms with Crippen molar-refractivity contribution in [1.29, 1.82) is 0 Å². The van der Waals surface area contributed by atoms with Gasteiger partial charge in [-0.15, -0.1) is 0 Å². The summed E-state index contributed by atoms with van der Waals surface area (Å²) in [6, 6.07) is 21.4. The Labute approximate surface area is 139 Å². The van der Waals surface area contributed by atoms with Crippen molar-refractivity contribution in [3.05, 3.63) is 84.1 Å². The molecule has 0 bridgehead atoms. The first-order valence-electron chi connectivity index (χ1n) is 8.25. The molecule has 0 saturated carbocycles. The van der Waals surface area contributed by atoms with Gasteiger partial charge in [-0.2, -0.15) is 0 Å². The van der Waals surface area contributed by atoms with E-state index in [4.69, 9.17) is 0 Å². The Morgan fingerprint density at radius 3 is 1.87 bits per heavy atom. The van der Waals surface area contributed by atoms with Crippen molar-refractivity contribution in [3.63, 3.8) is 0 Å². The van der Waals surface area contributed by atoms with Crippen LogP contribution >= 0.6 is 0 Å². The lowest BCUT2D eigenvalue weighted by molar-refractivity contribution is -0.560. The molecule has 1 N–H and O–H groups in total. The average molecular weight is 305 g/mol. The maximum absolute atomic E-state index is 3.44. The molecule has 0 atom stereocenters. The predicted octanol–water partition coefficient (Wildman–Crippen LogP) is 4.13. The van der Waals surface area contributed by atoms with Gasteiger partial charge in [-0.3, -0.25) is 0 Å². The number of benzene rings is 2. The number of hydrogen-bond donors (Lipinski definition) is 1. The first-order chi connectivity index (χ1) is 11.1. The van der Waals surface area contributed by atoms with Gasteiger partial charge >= 0.3 is 0 Å². The lowest BCUT2D eigenvalue weighted by atomic mass is 9.94. The maximum atomic E-state index is 3.44. The molecule has 0 radical (unpaired) electrons. The minimum atomic E-state index is 0.107. The van der Waals surface area contributed by atoms with Gasteiger partial charge in [-0.25, -0.2) is 4.58 Å². The van der Waals surface area contributed by atoms with Gasteiger partial charge in [0, 0.05) is 28.9 Å². The number of nitrogens with zero attached hydrogens (tertiary/aromatic N) is 1. The molecular weight excluding hydrogens is 280 g/mol. The zero-order chi connectivity index (χ0) is 16.1. The molecule has 23 heavy (non-hydrogen) atoms. The molecule has 118 valence electrons. The third-order valence-corrected chi connectivity index (χ3v) is 4.21. The molecule has 2 nitrogen and oxygen atoms in total. The van der Waals surface area contributed by atoms with Gasteiger partial charge in [0.15, 0.2) is 18.8 Å². The molecule has 0 aliphatic carbocycles. The average Bonchev–Trinajstić information content (AvgIpc) is 2.55. The molecular formula is C21H25N2+. The van der Waals surface area contributed by atoms with Gasteiger partial charge in [0.2, 0.25) is 0 Å². The standard InChI is InChI=1S/C21H24N2/c1-21(2)15-20(13-14-22-21)23(16-18-9-5-3-6-10-18)17-19-11-7-4-8-12-19/h3-14H,15-17H2,1-2H3/p+1. The molecule has 0 unspecified atom stereocenters. The van der Waals surface area contributed by atoms with Crippen LogP contribution in [0.1, 0.15) is 31.4 Å². The Bertz CT molecular complexity index is 654.